The van der Waals surface area contributed by atoms with Crippen molar-refractivity contribution >= 4 is 0 Å². The Kier molecular flexibility index (Phi) is 3.53. The molecule has 1 rings (SSSR count). The van der Waals surface area contributed by atoms with Crippen molar-refractivity contribution in [1.82, 2.24) is 0 Å². The molecular weight excluding hydrogens is 156 g/mol. The van der Waals surface area contributed by atoms with Gasteiger partial charge in [-0.3, -0.25) is 0 Å². The molecule has 0 nitrogen and oxygen atoms in total. The molecule has 0 N–H and O–H groups in total. The summed E-state index contributed by atoms with van der Waals surface area (Å²) < 4.78 is 0. The van der Waals surface area contributed by atoms with E-state index in [-0.39, 0.29) is 0 Å². The second-order valence-corrected chi connectivity index (χ2v) is 4.00. The second-order valence-electron chi connectivity index (χ2n) is 4.00. The van der Waals surface area contributed by atoms with Gasteiger partial charge in [-0.15, -0.1) is 0 Å². The number of hydrogen-bond acceptors (Lipinski definition) is 0. The molecule has 72 valence electrons. The highest BCUT2D eigenvalue weighted by Gasteiger charge is 2.16. The van der Waals surface area contributed by atoms with E-state index < -0.39 is 0 Å². The van der Waals surface area contributed by atoms with Crippen LogP contribution in [0.2, 0.25) is 0 Å². The molecule has 0 heterocycles. The van der Waals surface area contributed by atoms with Crippen molar-refractivity contribution in [2.75, 3.05) is 0 Å². The van der Waals surface area contributed by atoms with Crippen molar-refractivity contribution in [1.29, 1.82) is 0 Å². The molecule has 0 aromatic rings. The van der Waals surface area contributed by atoms with Crippen molar-refractivity contribution in [2.24, 2.45) is 5.92 Å². The molecular formula is C13H20. The van der Waals surface area contributed by atoms with E-state index in [1.165, 1.54) is 36.0 Å². The minimum atomic E-state index is 0.663. The van der Waals surface area contributed by atoms with Crippen LogP contribution in [0.15, 0.2) is 36.0 Å². The van der Waals surface area contributed by atoms with Gasteiger partial charge in [0.05, 0.1) is 0 Å². The first-order valence-corrected chi connectivity index (χ1v) is 5.17. The van der Waals surface area contributed by atoms with Crippen LogP contribution in [0, 0.1) is 5.92 Å². The summed E-state index contributed by atoms with van der Waals surface area (Å²) >= 11 is 0. The van der Waals surface area contributed by atoms with Gasteiger partial charge < -0.3 is 0 Å². The second kappa shape index (κ2) is 4.45. The molecule has 0 amide bonds. The van der Waals surface area contributed by atoms with Gasteiger partial charge >= 0.3 is 0 Å². The SMILES string of the molecule is C=C(CC)C(=C)C1CC=C(C)CC1. The predicted octanol–water partition coefficient (Wildman–Crippen LogP) is 4.26. The molecule has 0 spiro atoms. The van der Waals surface area contributed by atoms with Crippen LogP contribution in [0.1, 0.15) is 39.5 Å². The molecule has 1 aliphatic carbocycles. The van der Waals surface area contributed by atoms with E-state index in [1.54, 1.807) is 0 Å². The lowest BCUT2D eigenvalue weighted by Gasteiger charge is -2.23. The van der Waals surface area contributed by atoms with Crippen LogP contribution in [0.5, 0.6) is 0 Å². The van der Waals surface area contributed by atoms with E-state index >= 15 is 0 Å². The highest BCUT2D eigenvalue weighted by atomic mass is 14.2. The quantitative estimate of drug-likeness (QED) is 0.445. The molecule has 0 bridgehead atoms. The maximum absolute atomic E-state index is 4.15. The van der Waals surface area contributed by atoms with Gasteiger partial charge in [-0.1, -0.05) is 37.3 Å². The van der Waals surface area contributed by atoms with Crippen molar-refractivity contribution in [3.63, 3.8) is 0 Å². The van der Waals surface area contributed by atoms with Crippen LogP contribution in [-0.4, -0.2) is 0 Å². The molecule has 0 saturated heterocycles. The standard InChI is InChI=1S/C13H20/c1-5-11(3)12(4)13-8-6-10(2)7-9-13/h6,13H,3-5,7-9H2,1-2H3. The highest BCUT2D eigenvalue weighted by molar-refractivity contribution is 5.29. The summed E-state index contributed by atoms with van der Waals surface area (Å²) in [7, 11) is 0. The highest BCUT2D eigenvalue weighted by Crippen LogP contribution is 2.31. The van der Waals surface area contributed by atoms with E-state index in [9.17, 15) is 0 Å². The van der Waals surface area contributed by atoms with Crippen LogP contribution in [0.4, 0.5) is 0 Å². The molecule has 1 aliphatic rings. The van der Waals surface area contributed by atoms with Crippen molar-refractivity contribution in [3.05, 3.63) is 36.0 Å². The molecule has 0 saturated carbocycles. The molecule has 0 aliphatic heterocycles. The third kappa shape index (κ3) is 2.58. The normalized spacial score (nSPS) is 22.3. The van der Waals surface area contributed by atoms with Gasteiger partial charge in [0.25, 0.3) is 0 Å². The van der Waals surface area contributed by atoms with Gasteiger partial charge in [-0.2, -0.15) is 0 Å². The largest absolute Gasteiger partial charge is 0.0956 e. The summed E-state index contributed by atoms with van der Waals surface area (Å²) in [6, 6.07) is 0. The summed E-state index contributed by atoms with van der Waals surface area (Å²) in [5.74, 6) is 0.663. The first-order valence-electron chi connectivity index (χ1n) is 5.17. The fourth-order valence-corrected chi connectivity index (χ4v) is 1.80. The number of hydrogen-bond donors (Lipinski definition) is 0. The van der Waals surface area contributed by atoms with Crippen molar-refractivity contribution < 1.29 is 0 Å². The fraction of sp³-hybridized carbons (Fsp3) is 0.538. The van der Waals surface area contributed by atoms with E-state index in [0.29, 0.717) is 5.92 Å². The van der Waals surface area contributed by atoms with Crippen molar-refractivity contribution in [2.45, 2.75) is 39.5 Å². The molecule has 0 aromatic carbocycles. The van der Waals surface area contributed by atoms with Crippen LogP contribution >= 0.6 is 0 Å². The van der Waals surface area contributed by atoms with Crippen LogP contribution in [-0.2, 0) is 0 Å². The molecule has 1 unspecified atom stereocenters. The molecule has 1 atom stereocenters. The first-order chi connectivity index (χ1) is 6.15. The molecule has 0 radical (unpaired) electrons. The topological polar surface area (TPSA) is 0 Å². The van der Waals surface area contributed by atoms with E-state index in [1.807, 2.05) is 0 Å². The lowest BCUT2D eigenvalue weighted by molar-refractivity contribution is 0.543. The van der Waals surface area contributed by atoms with Gasteiger partial charge in [0.15, 0.2) is 0 Å². The summed E-state index contributed by atoms with van der Waals surface area (Å²) in [6.45, 7) is 12.6. The molecule has 0 aromatic heterocycles. The summed E-state index contributed by atoms with van der Waals surface area (Å²) in [5, 5.41) is 0. The molecule has 0 fully saturated rings. The minimum absolute atomic E-state index is 0.663. The van der Waals surface area contributed by atoms with E-state index in [4.69, 9.17) is 0 Å². The first kappa shape index (κ1) is 10.3. The van der Waals surface area contributed by atoms with E-state index in [2.05, 4.69) is 33.1 Å². The maximum atomic E-state index is 4.15. The summed E-state index contributed by atoms with van der Waals surface area (Å²) in [6.07, 6.45) is 7.06. The zero-order valence-corrected chi connectivity index (χ0v) is 8.90. The molecule has 0 heteroatoms. The average molecular weight is 176 g/mol. The van der Waals surface area contributed by atoms with Gasteiger partial charge in [-0.05, 0) is 44.1 Å². The Bertz CT molecular complexity index is 243. The zero-order valence-electron chi connectivity index (χ0n) is 8.90. The Hall–Kier alpha value is -0.780. The Balaban J connectivity index is 2.55. The van der Waals surface area contributed by atoms with Gasteiger partial charge in [0.2, 0.25) is 0 Å². The third-order valence-corrected chi connectivity index (χ3v) is 3.01. The maximum Gasteiger partial charge on any atom is -0.0128 e. The number of rotatable bonds is 3. The van der Waals surface area contributed by atoms with Gasteiger partial charge in [0, 0.05) is 0 Å². The minimum Gasteiger partial charge on any atom is -0.0956 e. The lowest BCUT2D eigenvalue weighted by atomic mass is 9.82. The Morgan fingerprint density at radius 1 is 1.54 bits per heavy atom. The lowest BCUT2D eigenvalue weighted by Crippen LogP contribution is -2.08. The predicted molar refractivity (Wildman–Crippen MR) is 59.7 cm³/mol. The monoisotopic (exact) mass is 176 g/mol. The Labute approximate surface area is 82.0 Å². The smallest absolute Gasteiger partial charge is 0.0128 e. The Morgan fingerprint density at radius 2 is 2.23 bits per heavy atom. The third-order valence-electron chi connectivity index (χ3n) is 3.01. The average Bonchev–Trinajstić information content (AvgIpc) is 2.17. The number of allylic oxidation sites excluding steroid dienone is 4. The van der Waals surface area contributed by atoms with Crippen LogP contribution in [0.25, 0.3) is 0 Å². The molecule has 13 heavy (non-hydrogen) atoms. The summed E-state index contributed by atoms with van der Waals surface area (Å²) in [5.41, 5.74) is 4.05. The summed E-state index contributed by atoms with van der Waals surface area (Å²) in [4.78, 5) is 0. The fourth-order valence-electron chi connectivity index (χ4n) is 1.80. The zero-order chi connectivity index (χ0) is 9.84. The van der Waals surface area contributed by atoms with Gasteiger partial charge in [-0.25, -0.2) is 0 Å². The van der Waals surface area contributed by atoms with Gasteiger partial charge in [0.1, 0.15) is 0 Å². The Morgan fingerprint density at radius 3 is 2.69 bits per heavy atom. The van der Waals surface area contributed by atoms with Crippen LogP contribution < -0.4 is 0 Å². The van der Waals surface area contributed by atoms with Crippen molar-refractivity contribution in [3.8, 4) is 0 Å². The van der Waals surface area contributed by atoms with Crippen LogP contribution in [0.3, 0.4) is 0 Å². The van der Waals surface area contributed by atoms with E-state index in [0.717, 1.165) is 6.42 Å².